The van der Waals surface area contributed by atoms with Crippen molar-refractivity contribution in [2.75, 3.05) is 0 Å². The van der Waals surface area contributed by atoms with Gasteiger partial charge >= 0.3 is 5.84 Å². The normalized spacial score (nSPS) is 35.9. The first-order valence-electron chi connectivity index (χ1n) is 3.94. The highest BCUT2D eigenvalue weighted by Gasteiger charge is 2.55. The lowest BCUT2D eigenvalue weighted by atomic mass is 9.70. The van der Waals surface area contributed by atoms with Crippen molar-refractivity contribution >= 4 is 5.84 Å². The van der Waals surface area contributed by atoms with Crippen molar-refractivity contribution in [2.24, 2.45) is 11.1 Å². The summed E-state index contributed by atoms with van der Waals surface area (Å²) in [5, 5.41) is 22.2. The maximum absolute atomic E-state index is 10.3. The highest BCUT2D eigenvalue weighted by Crippen LogP contribution is 2.46. The Balaban J connectivity index is 1.97. The molecule has 2 rings (SSSR count). The van der Waals surface area contributed by atoms with E-state index in [-0.39, 0.29) is 18.2 Å². The summed E-state index contributed by atoms with van der Waals surface area (Å²) in [4.78, 5) is 14.8. The van der Waals surface area contributed by atoms with E-state index in [9.17, 15) is 10.1 Å². The Labute approximate surface area is 73.9 Å². The molecule has 6 heteroatoms. The molecule has 1 saturated carbocycles. The van der Waals surface area contributed by atoms with E-state index in [0.717, 1.165) is 0 Å². The summed E-state index contributed by atoms with van der Waals surface area (Å²) < 4.78 is 0. The lowest BCUT2D eigenvalue weighted by Crippen LogP contribution is -2.43. The molecule has 0 bridgehead atoms. The molecule has 0 radical (unpaired) electrons. The van der Waals surface area contributed by atoms with Gasteiger partial charge in [0.1, 0.15) is 6.42 Å². The van der Waals surface area contributed by atoms with Gasteiger partial charge in [0.15, 0.2) is 10.8 Å². The Kier molecular flexibility index (Phi) is 1.49. The summed E-state index contributed by atoms with van der Waals surface area (Å²) in [6.07, 6.45) is 1.35. The van der Waals surface area contributed by atoms with E-state index in [1.807, 2.05) is 0 Å². The van der Waals surface area contributed by atoms with Gasteiger partial charge < -0.3 is 10.1 Å². The van der Waals surface area contributed by atoms with Crippen molar-refractivity contribution in [3.8, 4) is 6.07 Å². The number of rotatable bonds is 0. The molecule has 6 nitrogen and oxygen atoms in total. The van der Waals surface area contributed by atoms with Crippen LogP contribution in [-0.4, -0.2) is 16.4 Å². The predicted molar refractivity (Wildman–Crippen MR) is 41.2 cm³/mol. The lowest BCUT2D eigenvalue weighted by Gasteiger charge is -2.35. The van der Waals surface area contributed by atoms with Crippen LogP contribution in [0.5, 0.6) is 0 Å². The molecule has 0 saturated heterocycles. The van der Waals surface area contributed by atoms with Gasteiger partial charge in [-0.15, -0.1) is 0 Å². The standard InChI is InChI=1S/C7H7N3O3/c8-4-5-1-7(2-5)3-6(9-13-7)10(11)12/h5H,1-3H2. The quantitative estimate of drug-likeness (QED) is 0.405. The molecule has 13 heavy (non-hydrogen) atoms. The molecule has 2 aliphatic rings. The van der Waals surface area contributed by atoms with E-state index < -0.39 is 10.5 Å². The Morgan fingerprint density at radius 2 is 2.46 bits per heavy atom. The minimum Gasteiger partial charge on any atom is -0.358 e. The summed E-state index contributed by atoms with van der Waals surface area (Å²) in [5.41, 5.74) is -0.525. The van der Waals surface area contributed by atoms with Crippen LogP contribution in [0, 0.1) is 27.4 Å². The van der Waals surface area contributed by atoms with Gasteiger partial charge in [-0.2, -0.15) is 5.26 Å². The highest BCUT2D eigenvalue weighted by atomic mass is 16.7. The molecule has 0 aromatic rings. The van der Waals surface area contributed by atoms with Crippen LogP contribution in [0.2, 0.25) is 0 Å². The molecule has 0 N–H and O–H groups in total. The molecule has 1 spiro atoms. The monoisotopic (exact) mass is 181 g/mol. The van der Waals surface area contributed by atoms with E-state index in [1.165, 1.54) is 0 Å². The maximum atomic E-state index is 10.3. The minimum absolute atomic E-state index is 0.0266. The molecule has 0 aromatic heterocycles. The first-order valence-corrected chi connectivity index (χ1v) is 3.94. The van der Waals surface area contributed by atoms with Crippen molar-refractivity contribution in [3.05, 3.63) is 10.1 Å². The van der Waals surface area contributed by atoms with Gasteiger partial charge in [-0.3, -0.25) is 4.84 Å². The highest BCUT2D eigenvalue weighted by molar-refractivity contribution is 5.76. The van der Waals surface area contributed by atoms with Crippen LogP contribution in [0.4, 0.5) is 0 Å². The first-order chi connectivity index (χ1) is 6.15. The van der Waals surface area contributed by atoms with Crippen LogP contribution in [0.1, 0.15) is 19.3 Å². The van der Waals surface area contributed by atoms with Crippen LogP contribution in [-0.2, 0) is 4.84 Å². The second-order valence-electron chi connectivity index (χ2n) is 3.45. The van der Waals surface area contributed by atoms with Gasteiger partial charge in [-0.1, -0.05) is 0 Å². The molecule has 0 amide bonds. The van der Waals surface area contributed by atoms with Gasteiger partial charge in [-0.25, -0.2) is 0 Å². The van der Waals surface area contributed by atoms with Crippen LogP contribution < -0.4 is 0 Å². The summed E-state index contributed by atoms with van der Waals surface area (Å²) in [7, 11) is 0. The van der Waals surface area contributed by atoms with Gasteiger partial charge in [0.05, 0.1) is 12.0 Å². The second kappa shape index (κ2) is 2.42. The number of amidine groups is 1. The number of hydrogen-bond donors (Lipinski definition) is 0. The molecule has 0 atom stereocenters. The third kappa shape index (κ3) is 1.13. The SMILES string of the molecule is N#CC1CC2(CC([N+](=O)[O-])=NO2)C1. The van der Waals surface area contributed by atoms with E-state index in [4.69, 9.17) is 10.1 Å². The van der Waals surface area contributed by atoms with Crippen LogP contribution in [0.3, 0.4) is 0 Å². The predicted octanol–water partition coefficient (Wildman–Crippen LogP) is 0.669. The summed E-state index contributed by atoms with van der Waals surface area (Å²) in [6.45, 7) is 0. The molecular formula is C7H7N3O3. The fraction of sp³-hybridized carbons (Fsp3) is 0.714. The molecule has 0 unspecified atom stereocenters. The molecule has 0 aromatic carbocycles. The van der Waals surface area contributed by atoms with Gasteiger partial charge in [0.2, 0.25) is 0 Å². The molecular weight excluding hydrogens is 174 g/mol. The largest absolute Gasteiger partial charge is 0.389 e. The van der Waals surface area contributed by atoms with Crippen molar-refractivity contribution < 1.29 is 9.76 Å². The summed E-state index contributed by atoms with van der Waals surface area (Å²) in [5.74, 6) is -0.155. The van der Waals surface area contributed by atoms with Crippen LogP contribution in [0.15, 0.2) is 5.16 Å². The van der Waals surface area contributed by atoms with Crippen molar-refractivity contribution in [2.45, 2.75) is 24.9 Å². The molecule has 1 fully saturated rings. The third-order valence-electron chi connectivity index (χ3n) is 2.46. The van der Waals surface area contributed by atoms with Crippen LogP contribution in [0.25, 0.3) is 0 Å². The molecule has 68 valence electrons. The smallest absolute Gasteiger partial charge is 0.358 e. The Bertz CT molecular complexity index is 324. The van der Waals surface area contributed by atoms with Crippen molar-refractivity contribution in [1.82, 2.24) is 0 Å². The zero-order chi connectivity index (χ0) is 9.47. The molecule has 1 aliphatic heterocycles. The van der Waals surface area contributed by atoms with Crippen molar-refractivity contribution in [1.29, 1.82) is 5.26 Å². The number of nitrogens with zero attached hydrogens (tertiary/aromatic N) is 3. The fourth-order valence-corrected chi connectivity index (χ4v) is 1.75. The average Bonchev–Trinajstić information content (AvgIpc) is 2.45. The van der Waals surface area contributed by atoms with E-state index >= 15 is 0 Å². The zero-order valence-electron chi connectivity index (χ0n) is 6.77. The number of nitro groups is 1. The average molecular weight is 181 g/mol. The zero-order valence-corrected chi connectivity index (χ0v) is 6.77. The van der Waals surface area contributed by atoms with Gasteiger partial charge in [0, 0.05) is 12.8 Å². The summed E-state index contributed by atoms with van der Waals surface area (Å²) in [6, 6.07) is 2.10. The number of oxime groups is 1. The van der Waals surface area contributed by atoms with E-state index in [2.05, 4.69) is 11.2 Å². The van der Waals surface area contributed by atoms with Crippen LogP contribution >= 0.6 is 0 Å². The summed E-state index contributed by atoms with van der Waals surface area (Å²) >= 11 is 0. The second-order valence-corrected chi connectivity index (χ2v) is 3.45. The fourth-order valence-electron chi connectivity index (χ4n) is 1.75. The van der Waals surface area contributed by atoms with E-state index in [1.54, 1.807) is 0 Å². The van der Waals surface area contributed by atoms with Gasteiger partial charge in [0.25, 0.3) is 0 Å². The Morgan fingerprint density at radius 3 is 2.92 bits per heavy atom. The topological polar surface area (TPSA) is 88.5 Å². The molecule has 1 aliphatic carbocycles. The number of nitriles is 1. The maximum Gasteiger partial charge on any atom is 0.389 e. The third-order valence-corrected chi connectivity index (χ3v) is 2.46. The Hall–Kier alpha value is -1.64. The van der Waals surface area contributed by atoms with E-state index in [0.29, 0.717) is 12.8 Å². The lowest BCUT2D eigenvalue weighted by molar-refractivity contribution is -0.353. The minimum atomic E-state index is -0.533. The van der Waals surface area contributed by atoms with Gasteiger partial charge in [-0.05, 0) is 4.92 Å². The first kappa shape index (κ1) is 7.98. The van der Waals surface area contributed by atoms with Crippen molar-refractivity contribution in [3.63, 3.8) is 0 Å². The Morgan fingerprint density at radius 1 is 1.77 bits per heavy atom. The number of hydrogen-bond acceptors (Lipinski definition) is 5. The molecule has 1 heterocycles.